The first-order valence-electron chi connectivity index (χ1n) is 12.8. The first-order valence-corrected chi connectivity index (χ1v) is 12.8. The van der Waals surface area contributed by atoms with Gasteiger partial charge in [0, 0.05) is 40.1 Å². The van der Waals surface area contributed by atoms with Gasteiger partial charge in [0.05, 0.1) is 23.8 Å². The number of fused-ring (bicyclic) bond motifs is 2. The number of carbonyl (C=O) groups excluding carboxylic acids is 1. The Balaban J connectivity index is 0.00000109. The van der Waals surface area contributed by atoms with Crippen molar-refractivity contribution in [2.75, 3.05) is 13.7 Å². The molecule has 4 rings (SSSR count). The number of halogens is 1. The topological polar surface area (TPSA) is 49.1 Å². The van der Waals surface area contributed by atoms with Gasteiger partial charge in [0.15, 0.2) is 0 Å². The lowest BCUT2D eigenvalue weighted by Gasteiger charge is -2.27. The molecular weight excluding hydrogens is 453 g/mol. The Hall–Kier alpha value is -2.99. The molecule has 36 heavy (non-hydrogen) atoms. The largest absolute Gasteiger partial charge is 0.384 e. The maximum Gasteiger partial charge on any atom is 0.252 e. The van der Waals surface area contributed by atoms with Crippen LogP contribution in [0.1, 0.15) is 78.4 Å². The van der Waals surface area contributed by atoms with E-state index in [0.717, 1.165) is 38.8 Å². The van der Waals surface area contributed by atoms with Gasteiger partial charge in [0.1, 0.15) is 5.82 Å². The summed E-state index contributed by atoms with van der Waals surface area (Å²) in [7, 11) is 1.70. The molecule has 0 aliphatic rings. The second-order valence-corrected chi connectivity index (χ2v) is 10.1. The van der Waals surface area contributed by atoms with Gasteiger partial charge in [-0.1, -0.05) is 62.3 Å². The van der Waals surface area contributed by atoms with Gasteiger partial charge in [0.25, 0.3) is 5.91 Å². The predicted octanol–water partition coefficient (Wildman–Crippen LogP) is 8.09. The van der Waals surface area contributed by atoms with Crippen LogP contribution in [-0.2, 0) is 10.2 Å². The van der Waals surface area contributed by atoms with Crippen molar-refractivity contribution in [2.24, 2.45) is 5.41 Å². The average Bonchev–Trinajstić information content (AvgIpc) is 3.38. The van der Waals surface area contributed by atoms with Gasteiger partial charge in [-0.25, -0.2) is 4.39 Å². The number of aryl methyl sites for hydroxylation is 1. The molecule has 0 fully saturated rings. The summed E-state index contributed by atoms with van der Waals surface area (Å²) >= 11 is 0. The predicted molar refractivity (Wildman–Crippen MR) is 149 cm³/mol. The molecule has 0 bridgehead atoms. The smallest absolute Gasteiger partial charge is 0.252 e. The highest BCUT2D eigenvalue weighted by atomic mass is 19.1. The lowest BCUT2D eigenvalue weighted by molar-refractivity contribution is 0.0755. The van der Waals surface area contributed by atoms with Crippen LogP contribution in [-0.4, -0.2) is 34.0 Å². The van der Waals surface area contributed by atoms with Crippen LogP contribution in [0.3, 0.4) is 0 Å². The van der Waals surface area contributed by atoms with Crippen molar-refractivity contribution in [2.45, 2.75) is 74.7 Å². The Labute approximate surface area is 215 Å². The quantitative estimate of drug-likeness (QED) is 0.287. The van der Waals surface area contributed by atoms with Crippen LogP contribution in [0.15, 0.2) is 42.6 Å². The summed E-state index contributed by atoms with van der Waals surface area (Å²) in [4.78, 5) is 13.0. The summed E-state index contributed by atoms with van der Waals surface area (Å²) < 4.78 is 22.9. The second kappa shape index (κ2) is 11.4. The molecule has 2 aromatic carbocycles. The maximum atomic E-state index is 13.7. The zero-order valence-electron chi connectivity index (χ0n) is 23.8. The number of hydrogen-bond acceptors (Lipinski definition) is 3. The Morgan fingerprint density at radius 1 is 0.972 bits per heavy atom. The molecule has 6 heteroatoms. The summed E-state index contributed by atoms with van der Waals surface area (Å²) in [6.45, 7) is 20.6. The molecule has 5 nitrogen and oxygen atoms in total. The highest BCUT2D eigenvalue weighted by Crippen LogP contribution is 2.39. The molecule has 4 aromatic rings. The molecule has 0 aliphatic heterocycles. The first-order chi connectivity index (χ1) is 17.0. The van der Waals surface area contributed by atoms with Crippen LogP contribution < -0.4 is 0 Å². The zero-order chi connectivity index (χ0) is 27.4. The van der Waals surface area contributed by atoms with Crippen molar-refractivity contribution in [3.8, 4) is 5.69 Å². The van der Waals surface area contributed by atoms with Crippen LogP contribution in [0, 0.1) is 18.2 Å². The molecule has 0 spiro atoms. The Kier molecular flexibility index (Phi) is 9.24. The Bertz CT molecular complexity index is 1320. The number of benzene rings is 2. The monoisotopic (exact) mass is 495 g/mol. The number of methoxy groups -OCH3 is 1. The zero-order valence-corrected chi connectivity index (χ0v) is 23.8. The summed E-state index contributed by atoms with van der Waals surface area (Å²) in [5.74, 6) is -0.327. The summed E-state index contributed by atoms with van der Waals surface area (Å²) in [5.41, 5.74) is 4.00. The van der Waals surface area contributed by atoms with Gasteiger partial charge < -0.3 is 9.30 Å². The molecule has 0 saturated heterocycles. The van der Waals surface area contributed by atoms with Crippen LogP contribution in [0.5, 0.6) is 0 Å². The van der Waals surface area contributed by atoms with Crippen molar-refractivity contribution in [3.05, 3.63) is 59.7 Å². The van der Waals surface area contributed by atoms with E-state index in [0.29, 0.717) is 6.61 Å². The minimum absolute atomic E-state index is 0.0533. The van der Waals surface area contributed by atoms with Crippen molar-refractivity contribution >= 4 is 27.7 Å². The fourth-order valence-electron chi connectivity index (χ4n) is 4.54. The molecule has 0 atom stereocenters. The molecule has 0 aliphatic carbocycles. The van der Waals surface area contributed by atoms with Gasteiger partial charge in [-0.2, -0.15) is 9.78 Å². The maximum absolute atomic E-state index is 13.7. The van der Waals surface area contributed by atoms with Crippen LogP contribution in [0.2, 0.25) is 0 Å². The third kappa shape index (κ3) is 5.39. The molecule has 2 heterocycles. The van der Waals surface area contributed by atoms with Crippen molar-refractivity contribution in [1.29, 1.82) is 0 Å². The van der Waals surface area contributed by atoms with Gasteiger partial charge in [-0.3, -0.25) is 4.79 Å². The van der Waals surface area contributed by atoms with Crippen molar-refractivity contribution in [1.82, 2.24) is 14.3 Å². The second-order valence-electron chi connectivity index (χ2n) is 10.1. The van der Waals surface area contributed by atoms with E-state index in [9.17, 15) is 9.18 Å². The lowest BCUT2D eigenvalue weighted by atomic mass is 9.87. The molecule has 0 saturated carbocycles. The van der Waals surface area contributed by atoms with Gasteiger partial charge in [0.2, 0.25) is 0 Å². The van der Waals surface area contributed by atoms with E-state index in [-0.39, 0.29) is 17.1 Å². The van der Waals surface area contributed by atoms with Crippen LogP contribution in [0.4, 0.5) is 4.39 Å². The average molecular weight is 496 g/mol. The van der Waals surface area contributed by atoms with Gasteiger partial charge >= 0.3 is 0 Å². The highest BCUT2D eigenvalue weighted by molar-refractivity contribution is 6.02. The summed E-state index contributed by atoms with van der Waals surface area (Å²) in [6.07, 6.45) is 1.73. The normalized spacial score (nSPS) is 11.7. The lowest BCUT2D eigenvalue weighted by Crippen LogP contribution is -2.27. The standard InChI is InChI=1S/C26H30FN3O2.2C2H6/c1-16-20-13-21-17(14-28-30(21)24(31)25(2,3)4)12-22(20)29(19-10-8-18(27)9-11-19)23(16)26(5,6)15-32-7;2*1-2/h8-14H,15H2,1-7H3;2*1-2H3. The number of nitrogens with zero attached hydrogens (tertiary/aromatic N) is 3. The fraction of sp³-hybridized carbons (Fsp3) is 0.467. The van der Waals surface area contributed by atoms with E-state index in [1.165, 1.54) is 16.8 Å². The Morgan fingerprint density at radius 2 is 1.56 bits per heavy atom. The van der Waals surface area contributed by atoms with E-state index < -0.39 is 5.41 Å². The fourth-order valence-corrected chi connectivity index (χ4v) is 4.54. The summed E-state index contributed by atoms with van der Waals surface area (Å²) in [5, 5.41) is 6.31. The molecule has 0 N–H and O–H groups in total. The van der Waals surface area contributed by atoms with Crippen LogP contribution >= 0.6 is 0 Å². The minimum atomic E-state index is -0.547. The molecule has 0 radical (unpaired) electrons. The van der Waals surface area contributed by atoms with Crippen molar-refractivity contribution < 1.29 is 13.9 Å². The number of carbonyl (C=O) groups is 1. The Morgan fingerprint density at radius 3 is 2.08 bits per heavy atom. The summed E-state index contributed by atoms with van der Waals surface area (Å²) in [6, 6.07) is 10.6. The number of hydrogen-bond donors (Lipinski definition) is 0. The van der Waals surface area contributed by atoms with Crippen LogP contribution in [0.25, 0.3) is 27.5 Å². The third-order valence-electron chi connectivity index (χ3n) is 5.97. The first kappa shape index (κ1) is 29.2. The highest BCUT2D eigenvalue weighted by Gasteiger charge is 2.31. The number of aromatic nitrogens is 3. The van der Waals surface area contributed by atoms with E-state index in [4.69, 9.17) is 4.74 Å². The van der Waals surface area contributed by atoms with E-state index in [1.807, 2.05) is 54.5 Å². The molecule has 0 unspecified atom stereocenters. The molecule has 0 amide bonds. The third-order valence-corrected chi connectivity index (χ3v) is 5.97. The van der Waals surface area contributed by atoms with Gasteiger partial charge in [-0.05, 0) is 48.9 Å². The van der Waals surface area contributed by atoms with E-state index in [2.05, 4.69) is 36.5 Å². The molecule has 2 aromatic heterocycles. The minimum Gasteiger partial charge on any atom is -0.384 e. The molecular formula is C30H42FN3O2. The van der Waals surface area contributed by atoms with Crippen molar-refractivity contribution in [3.63, 3.8) is 0 Å². The SMILES string of the molecule is CC.CC.COCC(C)(C)c1c(C)c2cc3c(cnn3C(=O)C(C)(C)C)cc2n1-c1ccc(F)cc1. The van der Waals surface area contributed by atoms with E-state index in [1.54, 1.807) is 25.4 Å². The van der Waals surface area contributed by atoms with Gasteiger partial charge in [-0.15, -0.1) is 0 Å². The molecule has 196 valence electrons. The van der Waals surface area contributed by atoms with E-state index >= 15 is 0 Å². The number of ether oxygens (including phenoxy) is 1. The number of rotatable bonds is 4.